The zero-order chi connectivity index (χ0) is 27.0. The minimum Gasteiger partial charge on any atom is -0.282 e. The second kappa shape index (κ2) is 10.6. The van der Waals surface area contributed by atoms with E-state index in [1.807, 2.05) is 36.7 Å². The Hall–Kier alpha value is -3.08. The van der Waals surface area contributed by atoms with Gasteiger partial charge in [-0.05, 0) is 74.6 Å². The molecule has 0 N–H and O–H groups in total. The lowest BCUT2D eigenvalue weighted by Gasteiger charge is -2.21. The molecule has 200 valence electrons. The number of thiazole rings is 1. The maximum absolute atomic E-state index is 13.9. The zero-order valence-electron chi connectivity index (χ0n) is 22.2. The molecule has 0 atom stereocenters. The van der Waals surface area contributed by atoms with Crippen molar-refractivity contribution in [3.05, 3.63) is 71.0 Å². The molecule has 8 nitrogen and oxygen atoms in total. The van der Waals surface area contributed by atoms with Crippen molar-refractivity contribution in [2.24, 2.45) is 0 Å². The van der Waals surface area contributed by atoms with Gasteiger partial charge >= 0.3 is 0 Å². The summed E-state index contributed by atoms with van der Waals surface area (Å²) in [4.78, 5) is 20.7. The molecule has 4 aromatic rings. The van der Waals surface area contributed by atoms with Crippen LogP contribution < -0.4 is 4.90 Å². The summed E-state index contributed by atoms with van der Waals surface area (Å²) in [7, 11) is -3.55. The van der Waals surface area contributed by atoms with Crippen LogP contribution in [0, 0.1) is 13.8 Å². The first kappa shape index (κ1) is 26.5. The van der Waals surface area contributed by atoms with E-state index in [2.05, 4.69) is 25.0 Å². The topological polar surface area (TPSA) is 88.4 Å². The summed E-state index contributed by atoms with van der Waals surface area (Å²) in [5.41, 5.74) is 4.43. The smallest absolute Gasteiger partial charge is 0.260 e. The third-order valence-electron chi connectivity index (χ3n) is 6.98. The number of hydrogen-bond donors (Lipinski definition) is 0. The number of carbonyl (C=O) groups excluding carboxylic acids is 1. The van der Waals surface area contributed by atoms with Crippen molar-refractivity contribution in [3.8, 4) is 0 Å². The van der Waals surface area contributed by atoms with Crippen LogP contribution in [0.1, 0.15) is 59.9 Å². The summed E-state index contributed by atoms with van der Waals surface area (Å²) < 4.78 is 30.4. The number of hydrogen-bond acceptors (Lipinski definition) is 6. The molecule has 0 radical (unpaired) electrons. The third-order valence-corrected chi connectivity index (χ3v) is 9.94. The van der Waals surface area contributed by atoms with E-state index < -0.39 is 10.0 Å². The first-order valence-electron chi connectivity index (χ1n) is 13.0. The quantitative estimate of drug-likeness (QED) is 0.294. The van der Waals surface area contributed by atoms with E-state index >= 15 is 0 Å². The van der Waals surface area contributed by atoms with Crippen molar-refractivity contribution in [2.45, 2.75) is 57.9 Å². The third kappa shape index (κ3) is 5.12. The van der Waals surface area contributed by atoms with Gasteiger partial charge in [-0.25, -0.2) is 13.4 Å². The number of benzene rings is 2. The van der Waals surface area contributed by atoms with E-state index in [0.29, 0.717) is 42.8 Å². The summed E-state index contributed by atoms with van der Waals surface area (Å²) >= 11 is 1.49. The van der Waals surface area contributed by atoms with Gasteiger partial charge in [-0.2, -0.15) is 9.40 Å². The number of nitrogens with zero attached hydrogens (tertiary/aromatic N) is 5. The maximum atomic E-state index is 13.9. The molecule has 5 rings (SSSR count). The first-order chi connectivity index (χ1) is 18.1. The van der Waals surface area contributed by atoms with Crippen LogP contribution in [0.4, 0.5) is 5.13 Å². The van der Waals surface area contributed by atoms with Gasteiger partial charge in [0, 0.05) is 30.9 Å². The second-order valence-electron chi connectivity index (χ2n) is 10.1. The molecule has 3 heterocycles. The molecular weight excluding hydrogens is 518 g/mol. The highest BCUT2D eigenvalue weighted by molar-refractivity contribution is 7.89. The average molecular weight is 552 g/mol. The van der Waals surface area contributed by atoms with Gasteiger partial charge in [-0.1, -0.05) is 37.3 Å². The molecule has 38 heavy (non-hydrogen) atoms. The molecule has 2 aromatic heterocycles. The number of anilines is 1. The van der Waals surface area contributed by atoms with E-state index in [1.165, 1.54) is 27.8 Å². The van der Waals surface area contributed by atoms with E-state index in [0.717, 1.165) is 40.0 Å². The Balaban J connectivity index is 1.48. The number of aryl methyl sites for hydroxylation is 2. The Bertz CT molecular complexity index is 1570. The van der Waals surface area contributed by atoms with E-state index in [-0.39, 0.29) is 10.8 Å². The fourth-order valence-corrected chi connectivity index (χ4v) is 7.46. The van der Waals surface area contributed by atoms with Crippen LogP contribution in [0.25, 0.3) is 10.2 Å². The molecule has 0 bridgehead atoms. The van der Waals surface area contributed by atoms with Gasteiger partial charge in [0.1, 0.15) is 0 Å². The van der Waals surface area contributed by atoms with Crippen LogP contribution in [-0.4, -0.2) is 53.0 Å². The van der Waals surface area contributed by atoms with Crippen LogP contribution in [0.2, 0.25) is 0 Å². The lowest BCUT2D eigenvalue weighted by molar-refractivity contribution is 0.0985. The fraction of sp³-hybridized carbons (Fsp3) is 0.393. The molecule has 1 saturated heterocycles. The summed E-state index contributed by atoms with van der Waals surface area (Å²) in [5.74, 6) is 0.0828. The molecule has 10 heteroatoms. The number of carbonyl (C=O) groups is 1. The van der Waals surface area contributed by atoms with Gasteiger partial charge in [0.05, 0.1) is 27.4 Å². The Morgan fingerprint density at radius 1 is 1.08 bits per heavy atom. The number of sulfonamides is 1. The van der Waals surface area contributed by atoms with Crippen molar-refractivity contribution in [1.82, 2.24) is 19.1 Å². The Morgan fingerprint density at radius 3 is 2.42 bits per heavy atom. The molecule has 0 saturated carbocycles. The van der Waals surface area contributed by atoms with Crippen LogP contribution in [0.3, 0.4) is 0 Å². The summed E-state index contributed by atoms with van der Waals surface area (Å²) in [6, 6.07) is 14.4. The highest BCUT2D eigenvalue weighted by atomic mass is 32.2. The van der Waals surface area contributed by atoms with Gasteiger partial charge in [0.25, 0.3) is 5.91 Å². The summed E-state index contributed by atoms with van der Waals surface area (Å²) in [5, 5.41) is 5.17. The van der Waals surface area contributed by atoms with Crippen molar-refractivity contribution < 1.29 is 13.2 Å². The summed E-state index contributed by atoms with van der Waals surface area (Å²) in [6.07, 6.45) is 1.75. The van der Waals surface area contributed by atoms with Crippen molar-refractivity contribution in [1.29, 1.82) is 0 Å². The number of aromatic nitrogens is 3. The highest BCUT2D eigenvalue weighted by Crippen LogP contribution is 2.34. The first-order valence-corrected chi connectivity index (χ1v) is 15.2. The van der Waals surface area contributed by atoms with Crippen molar-refractivity contribution in [2.75, 3.05) is 24.5 Å². The Morgan fingerprint density at radius 2 is 1.79 bits per heavy atom. The largest absolute Gasteiger partial charge is 0.282 e. The molecular formula is C28H33N5O3S2. The molecule has 2 aromatic carbocycles. The molecule has 1 fully saturated rings. The van der Waals surface area contributed by atoms with Crippen LogP contribution in [-0.2, 0) is 16.6 Å². The lowest BCUT2D eigenvalue weighted by Crippen LogP contribution is -2.34. The molecule has 0 spiro atoms. The van der Waals surface area contributed by atoms with Gasteiger partial charge in [0.15, 0.2) is 5.13 Å². The SMILES string of the molecule is Cc1cc(C)n(CCN(C(=O)c2ccc(S(=O)(=O)N3CCCC3)cc2)c2nc3c(C(C)C)cccc3s2)n1. The Labute approximate surface area is 228 Å². The zero-order valence-corrected chi connectivity index (χ0v) is 23.8. The minimum atomic E-state index is -3.55. The minimum absolute atomic E-state index is 0.215. The lowest BCUT2D eigenvalue weighted by atomic mass is 10.0. The standard InChI is InChI=1S/C28H33N5O3S2/c1-19(2)24-8-7-9-25-26(24)29-28(37-25)32(16-17-33-21(4)18-20(3)30-33)27(34)22-10-12-23(13-11-22)38(35,36)31-14-5-6-15-31/h7-13,18-19H,5-6,14-17H2,1-4H3. The monoisotopic (exact) mass is 551 g/mol. The molecule has 1 amide bonds. The van der Waals surface area contributed by atoms with E-state index in [1.54, 1.807) is 17.0 Å². The fourth-order valence-electron chi connectivity index (χ4n) is 4.92. The van der Waals surface area contributed by atoms with Gasteiger partial charge in [-0.3, -0.25) is 14.4 Å². The van der Waals surface area contributed by atoms with Gasteiger partial charge in [-0.15, -0.1) is 0 Å². The number of fused-ring (bicyclic) bond motifs is 1. The number of para-hydroxylation sites is 1. The Kier molecular flexibility index (Phi) is 7.39. The number of amides is 1. The van der Waals surface area contributed by atoms with Crippen molar-refractivity contribution in [3.63, 3.8) is 0 Å². The number of rotatable bonds is 8. The van der Waals surface area contributed by atoms with E-state index in [4.69, 9.17) is 4.98 Å². The van der Waals surface area contributed by atoms with Crippen LogP contribution >= 0.6 is 11.3 Å². The predicted molar refractivity (Wildman–Crippen MR) is 152 cm³/mol. The molecule has 0 unspecified atom stereocenters. The molecule has 1 aliphatic heterocycles. The van der Waals surface area contributed by atoms with Crippen LogP contribution in [0.5, 0.6) is 0 Å². The molecule has 1 aliphatic rings. The highest BCUT2D eigenvalue weighted by Gasteiger charge is 2.28. The summed E-state index contributed by atoms with van der Waals surface area (Å²) in [6.45, 7) is 10.2. The van der Waals surface area contributed by atoms with E-state index in [9.17, 15) is 13.2 Å². The van der Waals surface area contributed by atoms with Gasteiger partial charge in [0.2, 0.25) is 10.0 Å². The van der Waals surface area contributed by atoms with Crippen LogP contribution in [0.15, 0.2) is 53.4 Å². The van der Waals surface area contributed by atoms with Crippen molar-refractivity contribution >= 4 is 42.6 Å². The van der Waals surface area contributed by atoms with Gasteiger partial charge < -0.3 is 0 Å². The predicted octanol–water partition coefficient (Wildman–Crippen LogP) is 5.36. The normalized spacial score (nSPS) is 14.6. The molecule has 0 aliphatic carbocycles. The average Bonchev–Trinajstić information content (AvgIpc) is 3.64. The maximum Gasteiger partial charge on any atom is 0.260 e. The second-order valence-corrected chi connectivity index (χ2v) is 13.0.